The third-order valence-corrected chi connectivity index (χ3v) is 5.93. The van der Waals surface area contributed by atoms with Gasteiger partial charge >= 0.3 is 0 Å². The summed E-state index contributed by atoms with van der Waals surface area (Å²) in [5, 5.41) is 10.6. The van der Waals surface area contributed by atoms with E-state index in [1.165, 1.54) is 5.56 Å². The normalized spacial score (nSPS) is 11.1. The van der Waals surface area contributed by atoms with E-state index in [9.17, 15) is 4.79 Å². The van der Waals surface area contributed by atoms with Crippen LogP contribution in [0, 0.1) is 0 Å². The maximum Gasteiger partial charge on any atom is 0.246 e. The number of nitrogens with zero attached hydrogens (tertiary/aromatic N) is 2. The van der Waals surface area contributed by atoms with E-state index in [1.807, 2.05) is 67.6 Å². The summed E-state index contributed by atoms with van der Waals surface area (Å²) in [5.74, 6) is 1.63. The molecule has 8 heteroatoms. The molecule has 7 nitrogen and oxygen atoms in total. The van der Waals surface area contributed by atoms with E-state index >= 15 is 0 Å². The zero-order valence-corrected chi connectivity index (χ0v) is 22.2. The molecule has 0 aliphatic heterocycles. The number of nitrogens with one attached hydrogen (secondary N) is 2. The lowest BCUT2D eigenvalue weighted by Crippen LogP contribution is -2.28. The summed E-state index contributed by atoms with van der Waals surface area (Å²) in [6.07, 6.45) is 0. The zero-order chi connectivity index (χ0) is 26.4. The maximum atomic E-state index is 13.0. The number of benzene rings is 3. The summed E-state index contributed by atoms with van der Waals surface area (Å²) < 4.78 is 10.8. The van der Waals surface area contributed by atoms with Gasteiger partial charge in [-0.15, -0.1) is 0 Å². The number of thiocarbonyl (C=S) groups is 1. The van der Waals surface area contributed by atoms with Gasteiger partial charge in [0.2, 0.25) is 11.7 Å². The number of carbonyl (C=O) groups is 1. The van der Waals surface area contributed by atoms with E-state index in [-0.39, 0.29) is 17.7 Å². The highest BCUT2D eigenvalue weighted by molar-refractivity contribution is 7.80. The van der Waals surface area contributed by atoms with Crippen LogP contribution >= 0.6 is 12.2 Å². The standard InChI is InChI=1S/C29H30N4O3S/c1-5-35-24-15-11-20(12-16-24)27-32-25(36-33-27)18-30-28(37)31-23-8-6-7-21(17-23)26(34)19-9-13-22(14-10-19)29(2,3)4/h6-17H,5,18H2,1-4H3,(H2,30,31,37). The van der Waals surface area contributed by atoms with Gasteiger partial charge in [-0.3, -0.25) is 4.79 Å². The van der Waals surface area contributed by atoms with E-state index in [0.29, 0.717) is 40.2 Å². The molecule has 0 atom stereocenters. The summed E-state index contributed by atoms with van der Waals surface area (Å²) in [5.41, 5.74) is 3.97. The number of carbonyl (C=O) groups excluding carboxylic acids is 1. The van der Waals surface area contributed by atoms with E-state index in [0.717, 1.165) is 11.3 Å². The second-order valence-corrected chi connectivity index (χ2v) is 9.92. The molecule has 1 heterocycles. The van der Waals surface area contributed by atoms with Gasteiger partial charge in [0.05, 0.1) is 13.2 Å². The van der Waals surface area contributed by atoms with Crippen molar-refractivity contribution in [2.24, 2.45) is 0 Å². The highest BCUT2D eigenvalue weighted by Crippen LogP contribution is 2.24. The van der Waals surface area contributed by atoms with Crippen LogP contribution in [0.15, 0.2) is 77.3 Å². The third kappa shape index (κ3) is 6.80. The number of ketones is 1. The number of hydrogen-bond donors (Lipinski definition) is 2. The second kappa shape index (κ2) is 11.3. The van der Waals surface area contributed by atoms with Crippen molar-refractivity contribution in [1.82, 2.24) is 15.5 Å². The van der Waals surface area contributed by atoms with Crippen LogP contribution in [0.25, 0.3) is 11.4 Å². The topological polar surface area (TPSA) is 89.3 Å². The van der Waals surface area contributed by atoms with Crippen molar-refractivity contribution in [1.29, 1.82) is 0 Å². The van der Waals surface area contributed by atoms with E-state index in [4.69, 9.17) is 21.5 Å². The maximum absolute atomic E-state index is 13.0. The fourth-order valence-corrected chi connectivity index (χ4v) is 3.86. The van der Waals surface area contributed by atoms with Gasteiger partial charge in [-0.05, 0) is 66.5 Å². The molecule has 4 rings (SSSR count). The average molecular weight is 515 g/mol. The van der Waals surface area contributed by atoms with Crippen LogP contribution in [0.4, 0.5) is 5.69 Å². The Morgan fingerprint density at radius 1 is 1.00 bits per heavy atom. The molecular weight excluding hydrogens is 484 g/mol. The summed E-state index contributed by atoms with van der Waals surface area (Å²) in [6.45, 7) is 9.25. The smallest absolute Gasteiger partial charge is 0.246 e. The summed E-state index contributed by atoms with van der Waals surface area (Å²) in [6, 6.07) is 22.5. The highest BCUT2D eigenvalue weighted by atomic mass is 32.1. The van der Waals surface area contributed by atoms with Crippen LogP contribution in [0.2, 0.25) is 0 Å². The Morgan fingerprint density at radius 2 is 1.73 bits per heavy atom. The average Bonchev–Trinajstić information content (AvgIpc) is 3.37. The summed E-state index contributed by atoms with van der Waals surface area (Å²) in [7, 11) is 0. The van der Waals surface area contributed by atoms with Crippen LogP contribution in [-0.2, 0) is 12.0 Å². The predicted octanol–water partition coefficient (Wildman–Crippen LogP) is 6.15. The first-order chi connectivity index (χ1) is 17.7. The number of anilines is 1. The summed E-state index contributed by atoms with van der Waals surface area (Å²) >= 11 is 5.42. The molecule has 37 heavy (non-hydrogen) atoms. The van der Waals surface area contributed by atoms with Crippen molar-refractivity contribution >= 4 is 28.8 Å². The van der Waals surface area contributed by atoms with Gasteiger partial charge in [0.15, 0.2) is 10.9 Å². The minimum Gasteiger partial charge on any atom is -0.494 e. The number of ether oxygens (including phenoxy) is 1. The minimum atomic E-state index is -0.0457. The first-order valence-electron chi connectivity index (χ1n) is 12.1. The van der Waals surface area contributed by atoms with Crippen LogP contribution in [0.3, 0.4) is 0 Å². The first kappa shape index (κ1) is 26.0. The van der Waals surface area contributed by atoms with E-state index in [1.54, 1.807) is 12.1 Å². The van der Waals surface area contributed by atoms with Crippen LogP contribution in [0.1, 0.15) is 55.1 Å². The monoisotopic (exact) mass is 514 g/mol. The molecule has 0 amide bonds. The molecule has 0 unspecified atom stereocenters. The summed E-state index contributed by atoms with van der Waals surface area (Å²) in [4.78, 5) is 17.4. The lowest BCUT2D eigenvalue weighted by molar-refractivity contribution is 0.103. The zero-order valence-electron chi connectivity index (χ0n) is 21.4. The Morgan fingerprint density at radius 3 is 2.41 bits per heavy atom. The number of aromatic nitrogens is 2. The molecule has 2 N–H and O–H groups in total. The van der Waals surface area contributed by atoms with E-state index < -0.39 is 0 Å². The highest BCUT2D eigenvalue weighted by Gasteiger charge is 2.15. The lowest BCUT2D eigenvalue weighted by Gasteiger charge is -2.19. The van der Waals surface area contributed by atoms with Gasteiger partial charge < -0.3 is 19.9 Å². The van der Waals surface area contributed by atoms with Gasteiger partial charge in [-0.1, -0.05) is 62.3 Å². The molecule has 0 bridgehead atoms. The molecule has 190 valence electrons. The Labute approximate surface area is 222 Å². The molecule has 3 aromatic carbocycles. The number of rotatable bonds is 8. The molecule has 0 saturated carbocycles. The predicted molar refractivity (Wildman–Crippen MR) is 149 cm³/mol. The first-order valence-corrected chi connectivity index (χ1v) is 12.5. The van der Waals surface area contributed by atoms with Crippen LogP contribution < -0.4 is 15.4 Å². The van der Waals surface area contributed by atoms with E-state index in [2.05, 4.69) is 41.5 Å². The molecular formula is C29H30N4O3S. The molecule has 4 aromatic rings. The van der Waals surface area contributed by atoms with Gasteiger partial charge in [0.25, 0.3) is 0 Å². The Bertz CT molecular complexity index is 1370. The van der Waals surface area contributed by atoms with Gasteiger partial charge in [-0.25, -0.2) is 0 Å². The molecule has 0 fully saturated rings. The fourth-order valence-electron chi connectivity index (χ4n) is 3.67. The molecule has 0 saturated heterocycles. The largest absolute Gasteiger partial charge is 0.494 e. The second-order valence-electron chi connectivity index (χ2n) is 9.51. The Kier molecular flexibility index (Phi) is 7.98. The molecule has 0 aliphatic rings. The van der Waals surface area contributed by atoms with Crippen molar-refractivity contribution in [3.8, 4) is 17.1 Å². The Balaban J connectivity index is 1.34. The van der Waals surface area contributed by atoms with Crippen molar-refractivity contribution in [3.63, 3.8) is 0 Å². The Hall–Kier alpha value is -4.04. The van der Waals surface area contributed by atoms with Crippen molar-refractivity contribution in [3.05, 3.63) is 95.4 Å². The van der Waals surface area contributed by atoms with Gasteiger partial charge in [-0.2, -0.15) is 4.98 Å². The molecule has 0 radical (unpaired) electrons. The van der Waals surface area contributed by atoms with Crippen LogP contribution in [0.5, 0.6) is 5.75 Å². The molecule has 0 spiro atoms. The minimum absolute atomic E-state index is 0.0339. The quantitative estimate of drug-likeness (QED) is 0.214. The van der Waals surface area contributed by atoms with Crippen molar-refractivity contribution < 1.29 is 14.1 Å². The van der Waals surface area contributed by atoms with Crippen molar-refractivity contribution in [2.45, 2.75) is 39.7 Å². The third-order valence-electron chi connectivity index (χ3n) is 5.69. The van der Waals surface area contributed by atoms with Crippen LogP contribution in [-0.4, -0.2) is 27.6 Å². The fraction of sp³-hybridized carbons (Fsp3) is 0.241. The molecule has 1 aromatic heterocycles. The van der Waals surface area contributed by atoms with Gasteiger partial charge in [0.1, 0.15) is 5.75 Å². The van der Waals surface area contributed by atoms with Crippen molar-refractivity contribution in [2.75, 3.05) is 11.9 Å². The van der Waals surface area contributed by atoms with Gasteiger partial charge in [0, 0.05) is 22.4 Å². The number of hydrogen-bond acceptors (Lipinski definition) is 6. The SMILES string of the molecule is CCOc1ccc(-c2noc(CNC(=S)Nc3cccc(C(=O)c4ccc(C(C)(C)C)cc4)c3)n2)cc1. The lowest BCUT2D eigenvalue weighted by atomic mass is 9.86. The molecule has 0 aliphatic carbocycles.